The first-order chi connectivity index (χ1) is 6.63. The van der Waals surface area contributed by atoms with Gasteiger partial charge in [-0.1, -0.05) is 0 Å². The van der Waals surface area contributed by atoms with Gasteiger partial charge in [0.1, 0.15) is 0 Å². The third kappa shape index (κ3) is 2.07. The number of carbonyl (C=O) groups is 1. The van der Waals surface area contributed by atoms with Crippen LogP contribution < -0.4 is 0 Å². The SMILES string of the molecule is CC1OCCC1(CCCCO)C(=O)O. The smallest absolute Gasteiger partial charge is 0.312 e. The van der Waals surface area contributed by atoms with Crippen LogP contribution in [0.2, 0.25) is 0 Å². The van der Waals surface area contributed by atoms with Crippen LogP contribution in [0.25, 0.3) is 0 Å². The molecule has 0 bridgehead atoms. The van der Waals surface area contributed by atoms with E-state index in [0.29, 0.717) is 25.9 Å². The summed E-state index contributed by atoms with van der Waals surface area (Å²) in [6, 6.07) is 0. The fraction of sp³-hybridized carbons (Fsp3) is 0.900. The second-order valence-electron chi connectivity index (χ2n) is 3.91. The van der Waals surface area contributed by atoms with Gasteiger partial charge in [-0.05, 0) is 32.6 Å². The Morgan fingerprint density at radius 3 is 2.71 bits per heavy atom. The van der Waals surface area contributed by atoms with Crippen molar-refractivity contribution >= 4 is 5.97 Å². The highest BCUT2D eigenvalue weighted by Crippen LogP contribution is 2.39. The van der Waals surface area contributed by atoms with E-state index in [-0.39, 0.29) is 12.7 Å². The Hall–Kier alpha value is -0.610. The average molecular weight is 202 g/mol. The van der Waals surface area contributed by atoms with Crippen molar-refractivity contribution in [2.45, 2.75) is 38.7 Å². The Morgan fingerprint density at radius 1 is 1.57 bits per heavy atom. The zero-order valence-electron chi connectivity index (χ0n) is 8.53. The van der Waals surface area contributed by atoms with Crippen LogP contribution in [0.15, 0.2) is 0 Å². The molecule has 0 aromatic carbocycles. The maximum atomic E-state index is 11.2. The van der Waals surface area contributed by atoms with Gasteiger partial charge in [-0.15, -0.1) is 0 Å². The summed E-state index contributed by atoms with van der Waals surface area (Å²) in [5.74, 6) is -0.763. The largest absolute Gasteiger partial charge is 0.481 e. The molecule has 2 N–H and O–H groups in total. The summed E-state index contributed by atoms with van der Waals surface area (Å²) in [5, 5.41) is 17.8. The Bertz CT molecular complexity index is 204. The van der Waals surface area contributed by atoms with Gasteiger partial charge in [0, 0.05) is 13.2 Å². The maximum Gasteiger partial charge on any atom is 0.312 e. The van der Waals surface area contributed by atoms with Crippen LogP contribution in [-0.4, -0.2) is 35.5 Å². The summed E-state index contributed by atoms with van der Waals surface area (Å²) in [4.78, 5) is 11.2. The van der Waals surface area contributed by atoms with Gasteiger partial charge in [-0.3, -0.25) is 4.79 Å². The van der Waals surface area contributed by atoms with E-state index in [0.717, 1.165) is 6.42 Å². The number of aliphatic hydroxyl groups excluding tert-OH is 1. The summed E-state index contributed by atoms with van der Waals surface area (Å²) in [7, 11) is 0. The second kappa shape index (κ2) is 4.75. The lowest BCUT2D eigenvalue weighted by molar-refractivity contribution is -0.152. The number of carboxylic acid groups (broad SMARTS) is 1. The van der Waals surface area contributed by atoms with E-state index in [9.17, 15) is 9.90 Å². The molecule has 82 valence electrons. The minimum Gasteiger partial charge on any atom is -0.481 e. The fourth-order valence-corrected chi connectivity index (χ4v) is 2.05. The molecule has 4 heteroatoms. The number of hydrogen-bond donors (Lipinski definition) is 2. The zero-order valence-corrected chi connectivity index (χ0v) is 8.53. The van der Waals surface area contributed by atoms with Crippen molar-refractivity contribution in [1.82, 2.24) is 0 Å². The predicted molar refractivity (Wildman–Crippen MR) is 51.0 cm³/mol. The molecular weight excluding hydrogens is 184 g/mol. The lowest BCUT2D eigenvalue weighted by atomic mass is 9.77. The van der Waals surface area contributed by atoms with Crippen LogP contribution in [0.5, 0.6) is 0 Å². The molecule has 2 unspecified atom stereocenters. The highest BCUT2D eigenvalue weighted by atomic mass is 16.5. The number of rotatable bonds is 5. The molecule has 1 heterocycles. The second-order valence-corrected chi connectivity index (χ2v) is 3.91. The highest BCUT2D eigenvalue weighted by Gasteiger charge is 2.47. The normalized spacial score (nSPS) is 32.0. The molecule has 2 atom stereocenters. The van der Waals surface area contributed by atoms with Gasteiger partial charge < -0.3 is 14.9 Å². The maximum absolute atomic E-state index is 11.2. The van der Waals surface area contributed by atoms with Crippen LogP contribution in [0.3, 0.4) is 0 Å². The Kier molecular flexibility index (Phi) is 3.89. The fourth-order valence-electron chi connectivity index (χ4n) is 2.05. The molecule has 4 nitrogen and oxygen atoms in total. The molecule has 0 aromatic heterocycles. The molecule has 1 saturated heterocycles. The molecule has 0 aliphatic carbocycles. The number of aliphatic hydroxyl groups is 1. The van der Waals surface area contributed by atoms with E-state index < -0.39 is 11.4 Å². The summed E-state index contributed by atoms with van der Waals surface area (Å²) < 4.78 is 5.32. The van der Waals surface area contributed by atoms with Crippen molar-refractivity contribution in [2.75, 3.05) is 13.2 Å². The van der Waals surface area contributed by atoms with Gasteiger partial charge in [0.05, 0.1) is 11.5 Å². The summed E-state index contributed by atoms with van der Waals surface area (Å²) in [6.07, 6.45) is 2.40. The van der Waals surface area contributed by atoms with Crippen LogP contribution >= 0.6 is 0 Å². The molecule has 1 rings (SSSR count). The third-order valence-corrected chi connectivity index (χ3v) is 3.15. The number of hydrogen-bond acceptors (Lipinski definition) is 3. The van der Waals surface area contributed by atoms with Crippen molar-refractivity contribution in [3.05, 3.63) is 0 Å². The van der Waals surface area contributed by atoms with Crippen molar-refractivity contribution < 1.29 is 19.7 Å². The van der Waals surface area contributed by atoms with E-state index >= 15 is 0 Å². The van der Waals surface area contributed by atoms with Gasteiger partial charge >= 0.3 is 5.97 Å². The molecule has 0 radical (unpaired) electrons. The first-order valence-corrected chi connectivity index (χ1v) is 5.09. The van der Waals surface area contributed by atoms with E-state index in [4.69, 9.17) is 9.84 Å². The number of carboxylic acids is 1. The van der Waals surface area contributed by atoms with Crippen LogP contribution in [-0.2, 0) is 9.53 Å². The molecule has 14 heavy (non-hydrogen) atoms. The zero-order chi connectivity index (χ0) is 10.6. The van der Waals surface area contributed by atoms with Crippen molar-refractivity contribution in [2.24, 2.45) is 5.41 Å². The minimum absolute atomic E-state index is 0.130. The van der Waals surface area contributed by atoms with Gasteiger partial charge in [-0.25, -0.2) is 0 Å². The molecule has 1 aliphatic heterocycles. The lowest BCUT2D eigenvalue weighted by Crippen LogP contribution is -2.37. The van der Waals surface area contributed by atoms with Crippen LogP contribution in [0, 0.1) is 5.41 Å². The van der Waals surface area contributed by atoms with E-state index in [1.165, 1.54) is 0 Å². The first-order valence-electron chi connectivity index (χ1n) is 5.09. The number of ether oxygens (including phenoxy) is 1. The first kappa shape index (κ1) is 11.5. The Labute approximate surface area is 83.9 Å². The third-order valence-electron chi connectivity index (χ3n) is 3.15. The van der Waals surface area contributed by atoms with Crippen LogP contribution in [0.4, 0.5) is 0 Å². The minimum atomic E-state index is -0.763. The van der Waals surface area contributed by atoms with Gasteiger partial charge in [-0.2, -0.15) is 0 Å². The van der Waals surface area contributed by atoms with E-state index in [1.54, 1.807) is 0 Å². The van der Waals surface area contributed by atoms with Gasteiger partial charge in [0.2, 0.25) is 0 Å². The van der Waals surface area contributed by atoms with Crippen molar-refractivity contribution in [1.29, 1.82) is 0 Å². The quantitative estimate of drug-likeness (QED) is 0.653. The van der Waals surface area contributed by atoms with Crippen LogP contribution in [0.1, 0.15) is 32.6 Å². The van der Waals surface area contributed by atoms with E-state index in [2.05, 4.69) is 0 Å². The topological polar surface area (TPSA) is 66.8 Å². The standard InChI is InChI=1S/C10H18O4/c1-8-10(9(12)13,5-7-14-8)4-2-3-6-11/h8,11H,2-7H2,1H3,(H,12,13). The van der Waals surface area contributed by atoms with Crippen molar-refractivity contribution in [3.63, 3.8) is 0 Å². The molecule has 0 saturated carbocycles. The average Bonchev–Trinajstić information content (AvgIpc) is 2.49. The van der Waals surface area contributed by atoms with Gasteiger partial charge in [0.15, 0.2) is 0 Å². The highest BCUT2D eigenvalue weighted by molar-refractivity contribution is 5.75. The predicted octanol–water partition coefficient (Wildman–Crippen LogP) is 1.03. The van der Waals surface area contributed by atoms with E-state index in [1.807, 2.05) is 6.92 Å². The summed E-state index contributed by atoms with van der Waals surface area (Å²) in [6.45, 7) is 2.48. The number of aliphatic carboxylic acids is 1. The van der Waals surface area contributed by atoms with Gasteiger partial charge in [0.25, 0.3) is 0 Å². The summed E-state index contributed by atoms with van der Waals surface area (Å²) in [5.41, 5.74) is -0.713. The number of unbranched alkanes of at least 4 members (excludes halogenated alkanes) is 1. The monoisotopic (exact) mass is 202 g/mol. The lowest BCUT2D eigenvalue weighted by Gasteiger charge is -2.27. The molecular formula is C10H18O4. The summed E-state index contributed by atoms with van der Waals surface area (Å²) >= 11 is 0. The molecule has 0 aromatic rings. The Balaban J connectivity index is 2.58. The molecule has 0 amide bonds. The van der Waals surface area contributed by atoms with Crippen molar-refractivity contribution in [3.8, 4) is 0 Å². The molecule has 1 fully saturated rings. The molecule has 0 spiro atoms. The Morgan fingerprint density at radius 2 is 2.29 bits per heavy atom. The molecule has 1 aliphatic rings.